The van der Waals surface area contributed by atoms with Crippen molar-refractivity contribution in [3.8, 4) is 0 Å². The molecule has 7 N–H and O–H groups in total. The highest BCUT2D eigenvalue weighted by Gasteiger charge is 2.55. The summed E-state index contributed by atoms with van der Waals surface area (Å²) in [6, 6.07) is 0. The summed E-state index contributed by atoms with van der Waals surface area (Å²) >= 11 is 0. The summed E-state index contributed by atoms with van der Waals surface area (Å²) in [7, 11) is 0. The molecule has 0 aromatic heterocycles. The summed E-state index contributed by atoms with van der Waals surface area (Å²) in [5.74, 6) is -2.26. The molecule has 2 aliphatic carbocycles. The number of allylic oxidation sites excluding steroid dienone is 3. The quantitative estimate of drug-likeness (QED) is 0.140. The number of carboxylic acids is 1. The van der Waals surface area contributed by atoms with Crippen LogP contribution in [-0.2, 0) is 4.79 Å². The van der Waals surface area contributed by atoms with E-state index < -0.39 is 53.9 Å². The Morgan fingerprint density at radius 2 is 1.68 bits per heavy atom. The van der Waals surface area contributed by atoms with Crippen LogP contribution in [0, 0.1) is 40.9 Å². The van der Waals surface area contributed by atoms with Crippen LogP contribution in [0.2, 0.25) is 0 Å². The minimum atomic E-state index is -1.01. The van der Waals surface area contributed by atoms with Crippen LogP contribution in [0.3, 0.4) is 0 Å². The number of aliphatic hydroxyl groups excluding tert-OH is 6. The van der Waals surface area contributed by atoms with E-state index in [4.69, 9.17) is 0 Å². The molecule has 40 heavy (non-hydrogen) atoms. The van der Waals surface area contributed by atoms with Gasteiger partial charge in [0.15, 0.2) is 0 Å². The minimum Gasteiger partial charge on any atom is -0.478 e. The van der Waals surface area contributed by atoms with Crippen LogP contribution in [-0.4, -0.2) is 78.3 Å². The van der Waals surface area contributed by atoms with Crippen LogP contribution in [0.1, 0.15) is 81.1 Å². The Hall–Kier alpha value is -1.55. The Labute approximate surface area is 240 Å². The third-order valence-corrected chi connectivity index (χ3v) is 9.77. The van der Waals surface area contributed by atoms with Crippen molar-refractivity contribution in [1.82, 2.24) is 0 Å². The van der Waals surface area contributed by atoms with E-state index in [1.807, 2.05) is 47.6 Å². The molecule has 0 bridgehead atoms. The molecule has 2 rings (SSSR count). The fraction of sp³-hybridized carbons (Fsp3) is 0.781. The second-order valence-corrected chi connectivity index (χ2v) is 13.3. The van der Waals surface area contributed by atoms with E-state index in [1.54, 1.807) is 19.9 Å². The van der Waals surface area contributed by atoms with Crippen LogP contribution in [0.15, 0.2) is 34.9 Å². The third kappa shape index (κ3) is 7.84. The van der Waals surface area contributed by atoms with Crippen molar-refractivity contribution in [2.24, 2.45) is 40.9 Å². The van der Waals surface area contributed by atoms with Gasteiger partial charge in [-0.25, -0.2) is 4.79 Å². The lowest BCUT2D eigenvalue weighted by atomic mass is 9.50. The van der Waals surface area contributed by atoms with Crippen molar-refractivity contribution in [3.05, 3.63) is 34.9 Å². The van der Waals surface area contributed by atoms with Crippen molar-refractivity contribution >= 4 is 5.97 Å². The number of hydrogen-bond acceptors (Lipinski definition) is 7. The highest BCUT2D eigenvalue weighted by Crippen LogP contribution is 2.57. The predicted octanol–water partition coefficient (Wildman–Crippen LogP) is 3.45. The fourth-order valence-corrected chi connectivity index (χ4v) is 7.28. The third-order valence-electron chi connectivity index (χ3n) is 9.77. The maximum Gasteiger partial charge on any atom is 0.330 e. The van der Waals surface area contributed by atoms with Gasteiger partial charge in [0.25, 0.3) is 0 Å². The molecule has 0 spiro atoms. The topological polar surface area (TPSA) is 159 Å². The van der Waals surface area contributed by atoms with E-state index in [-0.39, 0.29) is 60.8 Å². The molecule has 1 fully saturated rings. The molecule has 1 saturated carbocycles. The predicted molar refractivity (Wildman–Crippen MR) is 155 cm³/mol. The Balaban J connectivity index is 2.26. The lowest BCUT2D eigenvalue weighted by Crippen LogP contribution is -2.56. The average molecular weight is 567 g/mol. The minimum absolute atomic E-state index is 0.0169. The summed E-state index contributed by atoms with van der Waals surface area (Å²) < 4.78 is 0. The zero-order valence-corrected chi connectivity index (χ0v) is 25.5. The number of aliphatic carboxylic acids is 1. The molecular weight excluding hydrogens is 512 g/mol. The van der Waals surface area contributed by atoms with E-state index in [2.05, 4.69) is 6.08 Å². The highest BCUT2D eigenvalue weighted by atomic mass is 16.4. The van der Waals surface area contributed by atoms with Gasteiger partial charge in [-0.05, 0) is 63.7 Å². The molecule has 0 aromatic carbocycles. The van der Waals surface area contributed by atoms with E-state index in [9.17, 15) is 40.5 Å². The smallest absolute Gasteiger partial charge is 0.330 e. The Kier molecular flexibility index (Phi) is 12.2. The zero-order valence-electron chi connectivity index (χ0n) is 25.5. The molecular formula is C32H54O8. The summed E-state index contributed by atoms with van der Waals surface area (Å²) in [4.78, 5) is 11.8. The molecule has 0 radical (unpaired) electrons. The van der Waals surface area contributed by atoms with E-state index in [0.29, 0.717) is 0 Å². The molecule has 0 saturated heterocycles. The average Bonchev–Trinajstić information content (AvgIpc) is 2.84. The lowest BCUT2D eigenvalue weighted by Gasteiger charge is -2.56. The van der Waals surface area contributed by atoms with E-state index in [0.717, 1.165) is 11.1 Å². The number of fused-ring (bicyclic) bond motifs is 1. The molecule has 2 aliphatic rings. The lowest BCUT2D eigenvalue weighted by molar-refractivity contribution is -0.132. The van der Waals surface area contributed by atoms with Gasteiger partial charge in [-0.3, -0.25) is 0 Å². The molecule has 0 aromatic rings. The van der Waals surface area contributed by atoms with Crippen molar-refractivity contribution in [1.29, 1.82) is 0 Å². The van der Waals surface area contributed by atoms with Gasteiger partial charge in [0.1, 0.15) is 0 Å². The Morgan fingerprint density at radius 3 is 2.23 bits per heavy atom. The first-order chi connectivity index (χ1) is 18.4. The van der Waals surface area contributed by atoms with Crippen LogP contribution in [0.4, 0.5) is 0 Å². The van der Waals surface area contributed by atoms with Crippen LogP contribution < -0.4 is 0 Å². The summed E-state index contributed by atoms with van der Waals surface area (Å²) in [6.07, 6.45) is 1.60. The molecule has 12 atom stereocenters. The van der Waals surface area contributed by atoms with Gasteiger partial charge in [-0.1, -0.05) is 64.0 Å². The first-order valence-electron chi connectivity index (χ1n) is 14.8. The molecule has 0 unspecified atom stereocenters. The fourth-order valence-electron chi connectivity index (χ4n) is 7.28. The van der Waals surface area contributed by atoms with E-state index >= 15 is 0 Å². The summed E-state index contributed by atoms with van der Waals surface area (Å²) in [5, 5.41) is 73.3. The van der Waals surface area contributed by atoms with Gasteiger partial charge in [0.05, 0.1) is 36.6 Å². The second-order valence-electron chi connectivity index (χ2n) is 13.3. The monoisotopic (exact) mass is 566 g/mol. The number of carbonyl (C=O) groups is 1. The van der Waals surface area contributed by atoms with Gasteiger partial charge in [-0.15, -0.1) is 0 Å². The van der Waals surface area contributed by atoms with Crippen molar-refractivity contribution < 1.29 is 40.5 Å². The van der Waals surface area contributed by atoms with Crippen LogP contribution >= 0.6 is 0 Å². The summed E-state index contributed by atoms with van der Waals surface area (Å²) in [5.41, 5.74) is 1.54. The van der Waals surface area contributed by atoms with Crippen molar-refractivity contribution in [2.75, 3.05) is 0 Å². The van der Waals surface area contributed by atoms with Crippen molar-refractivity contribution in [3.63, 3.8) is 0 Å². The molecule has 230 valence electrons. The molecule has 0 aliphatic heterocycles. The normalized spacial score (nSPS) is 35.4. The second kappa shape index (κ2) is 14.1. The maximum atomic E-state index is 11.8. The van der Waals surface area contributed by atoms with Gasteiger partial charge in [0, 0.05) is 29.2 Å². The van der Waals surface area contributed by atoms with Gasteiger partial charge in [0.2, 0.25) is 0 Å². The highest BCUT2D eigenvalue weighted by molar-refractivity contribution is 5.85. The summed E-state index contributed by atoms with van der Waals surface area (Å²) in [6.45, 7) is 14.9. The van der Waals surface area contributed by atoms with Crippen molar-refractivity contribution in [2.45, 2.75) is 118 Å². The molecule has 8 nitrogen and oxygen atoms in total. The number of carboxylic acid groups (broad SMARTS) is 1. The molecule has 0 amide bonds. The Morgan fingerprint density at radius 1 is 1.07 bits per heavy atom. The van der Waals surface area contributed by atoms with Gasteiger partial charge >= 0.3 is 5.97 Å². The first-order valence-corrected chi connectivity index (χ1v) is 14.8. The SMILES string of the molecule is CC1=C[C@@]2(C)[C@H]([C@@H](C)[C@H](O)C[C@H]2O)[C@@H](/C=C(\C)C(=O)O)[C@@H]1/C(C)=C/C[C@H](O)C[C@@H](O)C[C@@H](O)[C@H](C)[C@@H](O)C(C)C. The van der Waals surface area contributed by atoms with Crippen LogP contribution in [0.5, 0.6) is 0 Å². The van der Waals surface area contributed by atoms with E-state index in [1.165, 1.54) is 0 Å². The molecule has 8 heteroatoms. The Bertz CT molecular complexity index is 955. The van der Waals surface area contributed by atoms with Crippen LogP contribution in [0.25, 0.3) is 0 Å². The number of rotatable bonds is 12. The zero-order chi connectivity index (χ0) is 30.7. The maximum absolute atomic E-state index is 11.8. The first kappa shape index (κ1) is 34.7. The largest absolute Gasteiger partial charge is 0.478 e. The molecule has 0 heterocycles. The number of hydrogen-bond donors (Lipinski definition) is 7. The van der Waals surface area contributed by atoms with Gasteiger partial charge < -0.3 is 35.7 Å². The number of aliphatic hydroxyl groups is 6. The standard InChI is InChI=1S/C32H54O8/c1-16(2)30(38)21(7)25(35)13-23(34)12-22(33)10-9-17(3)28-19(5)15-32(8)27(37)14-26(36)20(6)29(32)24(28)11-18(4)31(39)40/h9,11,15-16,20-30,33-38H,10,12-14H2,1-8H3,(H,39,40)/b17-9+,18-11+/t20-,21-,22-,23+,24-,25+,26+,27+,28+,29+,30-,32+/m0/s1. The van der Waals surface area contributed by atoms with Gasteiger partial charge in [-0.2, -0.15) is 0 Å².